The fourth-order valence-corrected chi connectivity index (χ4v) is 2.71. The first kappa shape index (κ1) is 12.6. The Labute approximate surface area is 118 Å². The van der Waals surface area contributed by atoms with Gasteiger partial charge < -0.3 is 0 Å². The summed E-state index contributed by atoms with van der Waals surface area (Å²) in [6.07, 6.45) is 6.55. The standard InChI is InChI=1S/C15H16ClN3/c16-14-3-1-12(2-4-14)10-19-8-5-13(11-19)15-9-17-6-7-18-15/h1-4,6-7,9,13H,5,8,10-11H2. The molecule has 3 nitrogen and oxygen atoms in total. The molecule has 2 heterocycles. The van der Waals surface area contributed by atoms with Gasteiger partial charge in [-0.15, -0.1) is 0 Å². The first-order chi connectivity index (χ1) is 9.31. The fourth-order valence-electron chi connectivity index (χ4n) is 2.59. The van der Waals surface area contributed by atoms with Gasteiger partial charge in [-0.25, -0.2) is 0 Å². The van der Waals surface area contributed by atoms with Crippen LogP contribution in [0.2, 0.25) is 5.02 Å². The number of hydrogen-bond acceptors (Lipinski definition) is 3. The molecule has 1 aliphatic heterocycles. The van der Waals surface area contributed by atoms with E-state index in [2.05, 4.69) is 27.0 Å². The lowest BCUT2D eigenvalue weighted by atomic mass is 10.1. The summed E-state index contributed by atoms with van der Waals surface area (Å²) in [6, 6.07) is 8.09. The van der Waals surface area contributed by atoms with E-state index in [9.17, 15) is 0 Å². The van der Waals surface area contributed by atoms with Gasteiger partial charge in [0.25, 0.3) is 0 Å². The highest BCUT2D eigenvalue weighted by molar-refractivity contribution is 6.30. The van der Waals surface area contributed by atoms with Gasteiger partial charge in [0, 0.05) is 42.6 Å². The van der Waals surface area contributed by atoms with E-state index in [4.69, 9.17) is 11.6 Å². The Hall–Kier alpha value is -1.45. The first-order valence-corrected chi connectivity index (χ1v) is 6.92. The number of nitrogens with zero attached hydrogens (tertiary/aromatic N) is 3. The van der Waals surface area contributed by atoms with Crippen LogP contribution in [0.4, 0.5) is 0 Å². The van der Waals surface area contributed by atoms with Crippen LogP contribution in [0.5, 0.6) is 0 Å². The van der Waals surface area contributed by atoms with Crippen LogP contribution >= 0.6 is 11.6 Å². The molecule has 0 radical (unpaired) electrons. The lowest BCUT2D eigenvalue weighted by molar-refractivity contribution is 0.326. The Morgan fingerprint density at radius 3 is 2.79 bits per heavy atom. The Kier molecular flexibility index (Phi) is 3.76. The van der Waals surface area contributed by atoms with Gasteiger partial charge >= 0.3 is 0 Å². The fraction of sp³-hybridized carbons (Fsp3) is 0.333. The third-order valence-electron chi connectivity index (χ3n) is 3.59. The summed E-state index contributed by atoms with van der Waals surface area (Å²) in [6.45, 7) is 3.15. The van der Waals surface area contributed by atoms with Crippen LogP contribution in [0.3, 0.4) is 0 Å². The molecule has 2 aromatic rings. The molecular weight excluding hydrogens is 258 g/mol. The number of likely N-dealkylation sites (tertiary alicyclic amines) is 1. The molecule has 1 aromatic carbocycles. The van der Waals surface area contributed by atoms with E-state index >= 15 is 0 Å². The third kappa shape index (κ3) is 3.11. The van der Waals surface area contributed by atoms with Crippen LogP contribution in [-0.2, 0) is 6.54 Å². The molecular formula is C15H16ClN3. The molecule has 1 fully saturated rings. The topological polar surface area (TPSA) is 29.0 Å². The minimum absolute atomic E-state index is 0.515. The van der Waals surface area contributed by atoms with E-state index in [1.807, 2.05) is 18.3 Å². The van der Waals surface area contributed by atoms with E-state index in [0.29, 0.717) is 5.92 Å². The maximum absolute atomic E-state index is 5.90. The van der Waals surface area contributed by atoms with Crippen molar-refractivity contribution >= 4 is 11.6 Å². The van der Waals surface area contributed by atoms with E-state index < -0.39 is 0 Å². The normalized spacial score (nSPS) is 19.7. The summed E-state index contributed by atoms with van der Waals surface area (Å²) in [5.74, 6) is 0.515. The van der Waals surface area contributed by atoms with Gasteiger partial charge in [-0.05, 0) is 30.7 Å². The van der Waals surface area contributed by atoms with E-state index in [1.165, 1.54) is 5.56 Å². The van der Waals surface area contributed by atoms with Crippen LogP contribution in [0, 0.1) is 0 Å². The quantitative estimate of drug-likeness (QED) is 0.860. The van der Waals surface area contributed by atoms with Crippen molar-refractivity contribution in [1.82, 2.24) is 14.9 Å². The first-order valence-electron chi connectivity index (χ1n) is 6.54. The molecule has 0 amide bonds. The molecule has 0 bridgehead atoms. The second kappa shape index (κ2) is 5.68. The van der Waals surface area contributed by atoms with Gasteiger partial charge in [-0.2, -0.15) is 0 Å². The van der Waals surface area contributed by atoms with Crippen LogP contribution in [0.1, 0.15) is 23.6 Å². The smallest absolute Gasteiger partial charge is 0.0630 e. The molecule has 4 heteroatoms. The number of hydrogen-bond donors (Lipinski definition) is 0. The van der Waals surface area contributed by atoms with Gasteiger partial charge in [-0.3, -0.25) is 14.9 Å². The zero-order chi connectivity index (χ0) is 13.1. The molecule has 1 atom stereocenters. The predicted molar refractivity (Wildman–Crippen MR) is 76.1 cm³/mol. The Morgan fingerprint density at radius 1 is 1.21 bits per heavy atom. The number of benzene rings is 1. The van der Waals surface area contributed by atoms with Crippen molar-refractivity contribution < 1.29 is 0 Å². The average molecular weight is 274 g/mol. The lowest BCUT2D eigenvalue weighted by Crippen LogP contribution is -2.19. The van der Waals surface area contributed by atoms with Crippen molar-refractivity contribution in [3.05, 3.63) is 59.1 Å². The van der Waals surface area contributed by atoms with Crippen LogP contribution in [0.25, 0.3) is 0 Å². The Balaban J connectivity index is 1.62. The minimum Gasteiger partial charge on any atom is -0.298 e. The molecule has 0 saturated carbocycles. The van der Waals surface area contributed by atoms with Gasteiger partial charge in [0.2, 0.25) is 0 Å². The highest BCUT2D eigenvalue weighted by Gasteiger charge is 2.24. The van der Waals surface area contributed by atoms with Gasteiger partial charge in [-0.1, -0.05) is 23.7 Å². The summed E-state index contributed by atoms with van der Waals surface area (Å²) in [5.41, 5.74) is 2.42. The average Bonchev–Trinajstić information content (AvgIpc) is 2.91. The maximum Gasteiger partial charge on any atom is 0.0630 e. The molecule has 19 heavy (non-hydrogen) atoms. The number of rotatable bonds is 3. The Morgan fingerprint density at radius 2 is 2.05 bits per heavy atom. The van der Waals surface area contributed by atoms with Crippen molar-refractivity contribution in [2.24, 2.45) is 0 Å². The zero-order valence-electron chi connectivity index (χ0n) is 10.7. The van der Waals surface area contributed by atoms with Gasteiger partial charge in [0.05, 0.1) is 5.69 Å². The van der Waals surface area contributed by atoms with Crippen molar-refractivity contribution in [1.29, 1.82) is 0 Å². The SMILES string of the molecule is Clc1ccc(CN2CCC(c3cnccn3)C2)cc1. The summed E-state index contributed by atoms with van der Waals surface area (Å²) >= 11 is 5.90. The van der Waals surface area contributed by atoms with Crippen molar-refractivity contribution in [2.45, 2.75) is 18.9 Å². The van der Waals surface area contributed by atoms with E-state index in [0.717, 1.165) is 36.8 Å². The van der Waals surface area contributed by atoms with Crippen LogP contribution in [-0.4, -0.2) is 28.0 Å². The zero-order valence-corrected chi connectivity index (χ0v) is 11.4. The molecule has 0 N–H and O–H groups in total. The summed E-state index contributed by atoms with van der Waals surface area (Å²) in [7, 11) is 0. The van der Waals surface area contributed by atoms with Gasteiger partial charge in [0.15, 0.2) is 0 Å². The minimum atomic E-state index is 0.515. The van der Waals surface area contributed by atoms with Crippen molar-refractivity contribution in [3.63, 3.8) is 0 Å². The van der Waals surface area contributed by atoms with Crippen LogP contribution < -0.4 is 0 Å². The lowest BCUT2D eigenvalue weighted by Gasteiger charge is -2.15. The molecule has 0 spiro atoms. The monoisotopic (exact) mass is 273 g/mol. The third-order valence-corrected chi connectivity index (χ3v) is 3.85. The second-order valence-corrected chi connectivity index (χ2v) is 5.41. The van der Waals surface area contributed by atoms with E-state index in [-0.39, 0.29) is 0 Å². The summed E-state index contributed by atoms with van der Waals surface area (Å²) < 4.78 is 0. The molecule has 1 unspecified atom stereocenters. The second-order valence-electron chi connectivity index (χ2n) is 4.98. The molecule has 1 aromatic heterocycles. The molecule has 3 rings (SSSR count). The van der Waals surface area contributed by atoms with Crippen molar-refractivity contribution in [2.75, 3.05) is 13.1 Å². The molecule has 0 aliphatic carbocycles. The van der Waals surface area contributed by atoms with E-state index in [1.54, 1.807) is 12.4 Å². The number of aromatic nitrogens is 2. The van der Waals surface area contributed by atoms with Gasteiger partial charge in [0.1, 0.15) is 0 Å². The summed E-state index contributed by atoms with van der Waals surface area (Å²) in [4.78, 5) is 11.0. The highest BCUT2D eigenvalue weighted by Crippen LogP contribution is 2.26. The predicted octanol–water partition coefficient (Wildman–Crippen LogP) is 3.12. The molecule has 98 valence electrons. The van der Waals surface area contributed by atoms with Crippen LogP contribution in [0.15, 0.2) is 42.9 Å². The number of halogens is 1. The highest BCUT2D eigenvalue weighted by atomic mass is 35.5. The molecule has 1 saturated heterocycles. The molecule has 1 aliphatic rings. The van der Waals surface area contributed by atoms with Crippen molar-refractivity contribution in [3.8, 4) is 0 Å². The largest absolute Gasteiger partial charge is 0.298 e. The maximum atomic E-state index is 5.90. The Bertz CT molecular complexity index is 527. The summed E-state index contributed by atoms with van der Waals surface area (Å²) in [5, 5.41) is 0.794.